The van der Waals surface area contributed by atoms with Gasteiger partial charge in [-0.15, -0.1) is 0 Å². The van der Waals surface area contributed by atoms with Gasteiger partial charge in [0.15, 0.2) is 0 Å². The Morgan fingerprint density at radius 3 is 2.90 bits per heavy atom. The van der Waals surface area contributed by atoms with Crippen molar-refractivity contribution in [2.45, 2.75) is 13.5 Å². The van der Waals surface area contributed by atoms with E-state index in [1.807, 2.05) is 19.1 Å². The smallest absolute Gasteiger partial charge is 0.323 e. The summed E-state index contributed by atoms with van der Waals surface area (Å²) in [6.07, 6.45) is 1.75. The summed E-state index contributed by atoms with van der Waals surface area (Å²) in [6.45, 7) is 1.93. The third-order valence-electron chi connectivity index (χ3n) is 1.36. The van der Waals surface area contributed by atoms with Crippen LogP contribution in [0.25, 0.3) is 0 Å². The second-order valence-corrected chi connectivity index (χ2v) is 2.17. The molecule has 3 nitrogen and oxygen atoms in total. The molecular weight excluding hydrogens is 130 g/mol. The Balaban J connectivity index is 2.74. The van der Waals surface area contributed by atoms with Crippen molar-refractivity contribution in [3.8, 4) is 0 Å². The molecule has 54 valence electrons. The molecule has 0 saturated heterocycles. The molecule has 0 saturated carbocycles. The number of hydrogen-bond acceptors (Lipinski definition) is 1. The minimum Gasteiger partial charge on any atom is -0.480 e. The van der Waals surface area contributed by atoms with Crippen LogP contribution in [0.15, 0.2) is 18.3 Å². The summed E-state index contributed by atoms with van der Waals surface area (Å²) in [5.74, 6) is -0.806. The number of nitrogens with zero attached hydrogens (tertiary/aromatic N) is 1. The predicted molar refractivity (Wildman–Crippen MR) is 36.8 cm³/mol. The summed E-state index contributed by atoms with van der Waals surface area (Å²) >= 11 is 0. The van der Waals surface area contributed by atoms with Crippen LogP contribution in [0, 0.1) is 6.92 Å². The molecule has 1 aromatic heterocycles. The van der Waals surface area contributed by atoms with Crippen molar-refractivity contribution in [1.82, 2.24) is 4.57 Å². The molecule has 1 heterocycles. The summed E-state index contributed by atoms with van der Waals surface area (Å²) in [4.78, 5) is 10.2. The van der Waals surface area contributed by atoms with Gasteiger partial charge in [-0.2, -0.15) is 0 Å². The summed E-state index contributed by atoms with van der Waals surface area (Å²) in [5, 5.41) is 8.39. The zero-order valence-electron chi connectivity index (χ0n) is 5.74. The van der Waals surface area contributed by atoms with Gasteiger partial charge in [0.25, 0.3) is 0 Å². The van der Waals surface area contributed by atoms with E-state index >= 15 is 0 Å². The first-order valence-electron chi connectivity index (χ1n) is 3.03. The standard InChI is InChI=1S/C7H9NO2/c1-6-3-2-4-8(6)5-7(9)10/h2-4H,5H2,1H3,(H,9,10). The SMILES string of the molecule is Cc1cccn1CC(=O)O. The lowest BCUT2D eigenvalue weighted by Crippen LogP contribution is -2.08. The van der Waals surface area contributed by atoms with Gasteiger partial charge in [-0.3, -0.25) is 4.79 Å². The van der Waals surface area contributed by atoms with Gasteiger partial charge in [0, 0.05) is 11.9 Å². The van der Waals surface area contributed by atoms with Gasteiger partial charge in [0.2, 0.25) is 0 Å². The van der Waals surface area contributed by atoms with Crippen LogP contribution in [0.2, 0.25) is 0 Å². The van der Waals surface area contributed by atoms with Gasteiger partial charge >= 0.3 is 5.97 Å². The molecule has 0 amide bonds. The number of carboxylic acids is 1. The minimum atomic E-state index is -0.806. The third kappa shape index (κ3) is 1.37. The van der Waals surface area contributed by atoms with Crippen molar-refractivity contribution >= 4 is 5.97 Å². The van der Waals surface area contributed by atoms with E-state index in [0.29, 0.717) is 0 Å². The molecule has 0 aliphatic heterocycles. The lowest BCUT2D eigenvalue weighted by atomic mass is 10.5. The predicted octanol–water partition coefficient (Wildman–Crippen LogP) is 0.881. The molecule has 0 aromatic carbocycles. The van der Waals surface area contributed by atoms with Crippen molar-refractivity contribution < 1.29 is 9.90 Å². The van der Waals surface area contributed by atoms with Gasteiger partial charge in [0.05, 0.1) is 0 Å². The first-order valence-corrected chi connectivity index (χ1v) is 3.03. The number of carbonyl (C=O) groups is 1. The van der Waals surface area contributed by atoms with Gasteiger partial charge in [-0.1, -0.05) is 0 Å². The monoisotopic (exact) mass is 139 g/mol. The number of hydrogen-bond donors (Lipinski definition) is 1. The van der Waals surface area contributed by atoms with Gasteiger partial charge in [0.1, 0.15) is 6.54 Å². The third-order valence-corrected chi connectivity index (χ3v) is 1.36. The van der Waals surface area contributed by atoms with Crippen LogP contribution in [0.4, 0.5) is 0 Å². The van der Waals surface area contributed by atoms with Gasteiger partial charge < -0.3 is 9.67 Å². The van der Waals surface area contributed by atoms with Gasteiger partial charge in [-0.25, -0.2) is 0 Å². The van der Waals surface area contributed by atoms with Crippen molar-refractivity contribution in [1.29, 1.82) is 0 Å². The molecule has 1 N–H and O–H groups in total. The van der Waals surface area contributed by atoms with Crippen LogP contribution in [-0.2, 0) is 11.3 Å². The van der Waals surface area contributed by atoms with Gasteiger partial charge in [-0.05, 0) is 19.1 Å². The van der Waals surface area contributed by atoms with E-state index in [-0.39, 0.29) is 6.54 Å². The maximum Gasteiger partial charge on any atom is 0.323 e. The fourth-order valence-electron chi connectivity index (χ4n) is 0.823. The molecule has 0 bridgehead atoms. The molecule has 0 unspecified atom stereocenters. The summed E-state index contributed by atoms with van der Waals surface area (Å²) < 4.78 is 1.68. The summed E-state index contributed by atoms with van der Waals surface area (Å²) in [7, 11) is 0. The van der Waals surface area contributed by atoms with Crippen LogP contribution >= 0.6 is 0 Å². The fraction of sp³-hybridized carbons (Fsp3) is 0.286. The molecule has 0 atom stereocenters. The van der Waals surface area contributed by atoms with Crippen LogP contribution in [0.1, 0.15) is 5.69 Å². The van der Waals surface area contributed by atoms with E-state index < -0.39 is 5.97 Å². The minimum absolute atomic E-state index is 0.0544. The second-order valence-electron chi connectivity index (χ2n) is 2.17. The molecular formula is C7H9NO2. The van der Waals surface area contributed by atoms with E-state index in [1.165, 1.54) is 0 Å². The molecule has 10 heavy (non-hydrogen) atoms. The maximum atomic E-state index is 10.2. The highest BCUT2D eigenvalue weighted by Gasteiger charge is 1.98. The molecule has 0 radical (unpaired) electrons. The van der Waals surface area contributed by atoms with E-state index in [2.05, 4.69) is 0 Å². The topological polar surface area (TPSA) is 42.2 Å². The first kappa shape index (κ1) is 6.86. The van der Waals surface area contributed by atoms with Crippen LogP contribution in [0.5, 0.6) is 0 Å². The van der Waals surface area contributed by atoms with Crippen molar-refractivity contribution in [2.75, 3.05) is 0 Å². The van der Waals surface area contributed by atoms with E-state index in [4.69, 9.17) is 5.11 Å². The highest BCUT2D eigenvalue weighted by molar-refractivity contribution is 5.66. The summed E-state index contributed by atoms with van der Waals surface area (Å²) in [6, 6.07) is 3.71. The molecule has 0 aliphatic rings. The maximum absolute atomic E-state index is 10.2. The highest BCUT2D eigenvalue weighted by atomic mass is 16.4. The Kier molecular flexibility index (Phi) is 1.76. The average Bonchev–Trinajstić information content (AvgIpc) is 2.15. The van der Waals surface area contributed by atoms with Crippen LogP contribution < -0.4 is 0 Å². The Hall–Kier alpha value is -1.25. The summed E-state index contributed by atoms with van der Waals surface area (Å²) in [5.41, 5.74) is 0.974. The molecule has 3 heteroatoms. The second kappa shape index (κ2) is 2.56. The number of aliphatic carboxylic acids is 1. The van der Waals surface area contributed by atoms with E-state index in [1.54, 1.807) is 10.8 Å². The molecule has 1 rings (SSSR count). The lowest BCUT2D eigenvalue weighted by Gasteiger charge is -1.99. The highest BCUT2D eigenvalue weighted by Crippen LogP contribution is 1.98. The molecule has 0 aliphatic carbocycles. The normalized spacial score (nSPS) is 9.70. The Labute approximate surface area is 58.9 Å². The van der Waals surface area contributed by atoms with Crippen molar-refractivity contribution in [3.63, 3.8) is 0 Å². The molecule has 0 spiro atoms. The average molecular weight is 139 g/mol. The lowest BCUT2D eigenvalue weighted by molar-refractivity contribution is -0.137. The van der Waals surface area contributed by atoms with Crippen molar-refractivity contribution in [2.24, 2.45) is 0 Å². The largest absolute Gasteiger partial charge is 0.480 e. The molecule has 1 aromatic rings. The first-order chi connectivity index (χ1) is 4.70. The number of rotatable bonds is 2. The number of aromatic nitrogens is 1. The van der Waals surface area contributed by atoms with Crippen LogP contribution in [0.3, 0.4) is 0 Å². The number of carboxylic acid groups (broad SMARTS) is 1. The Bertz CT molecular complexity index is 240. The quantitative estimate of drug-likeness (QED) is 0.660. The Morgan fingerprint density at radius 1 is 1.80 bits per heavy atom. The fourth-order valence-corrected chi connectivity index (χ4v) is 0.823. The van der Waals surface area contributed by atoms with Crippen molar-refractivity contribution in [3.05, 3.63) is 24.0 Å². The zero-order valence-corrected chi connectivity index (χ0v) is 5.74. The Morgan fingerprint density at radius 2 is 2.50 bits per heavy atom. The molecule has 0 fully saturated rings. The van der Waals surface area contributed by atoms with Crippen LogP contribution in [-0.4, -0.2) is 15.6 Å². The van der Waals surface area contributed by atoms with E-state index in [9.17, 15) is 4.79 Å². The zero-order chi connectivity index (χ0) is 7.56. The number of aryl methyl sites for hydroxylation is 1. The van der Waals surface area contributed by atoms with E-state index in [0.717, 1.165) is 5.69 Å².